The molecule has 0 atom stereocenters. The van der Waals surface area contributed by atoms with Gasteiger partial charge in [0.25, 0.3) is 5.56 Å². The maximum atomic E-state index is 13.2. The van der Waals surface area contributed by atoms with Crippen molar-refractivity contribution in [1.29, 1.82) is 0 Å². The molecule has 18 heavy (non-hydrogen) atoms. The van der Waals surface area contributed by atoms with Gasteiger partial charge in [-0.05, 0) is 18.6 Å². The zero-order chi connectivity index (χ0) is 13.4. The molecule has 0 saturated heterocycles. The predicted molar refractivity (Wildman–Crippen MR) is 64.7 cm³/mol. The molecule has 1 aromatic heterocycles. The Morgan fingerprint density at radius 2 is 1.94 bits per heavy atom. The summed E-state index contributed by atoms with van der Waals surface area (Å²) in [6.07, 6.45) is 0.578. The number of nitrogens with zero attached hydrogens (tertiary/aromatic N) is 2. The van der Waals surface area contributed by atoms with Crippen molar-refractivity contribution in [2.45, 2.75) is 13.3 Å². The monoisotopic (exact) mass is 253 g/mol. The van der Waals surface area contributed by atoms with Crippen molar-refractivity contribution in [2.24, 2.45) is 7.05 Å². The average molecular weight is 253 g/mol. The van der Waals surface area contributed by atoms with Crippen molar-refractivity contribution in [3.05, 3.63) is 45.9 Å². The van der Waals surface area contributed by atoms with E-state index in [2.05, 4.69) is 0 Å². The van der Waals surface area contributed by atoms with Gasteiger partial charge in [-0.15, -0.1) is 0 Å². The number of nitrogen functional groups attached to an aromatic ring is 1. The number of rotatable bonds is 2. The standard InChI is InChI=1S/C12H13F2N3O/c1-3-10-11(15)12(18)17(16(10)2)7-4-5-8(13)9(14)6-7/h4-6H,3,15H2,1-2H3. The van der Waals surface area contributed by atoms with Gasteiger partial charge in [0.2, 0.25) is 0 Å². The van der Waals surface area contributed by atoms with Gasteiger partial charge in [0.05, 0.1) is 11.4 Å². The summed E-state index contributed by atoms with van der Waals surface area (Å²) >= 11 is 0. The third-order valence-electron chi connectivity index (χ3n) is 2.91. The van der Waals surface area contributed by atoms with Crippen LogP contribution in [0.5, 0.6) is 0 Å². The maximum absolute atomic E-state index is 13.2. The highest BCUT2D eigenvalue weighted by Gasteiger charge is 2.16. The molecule has 96 valence electrons. The van der Waals surface area contributed by atoms with E-state index in [1.807, 2.05) is 6.92 Å². The molecule has 0 saturated carbocycles. The van der Waals surface area contributed by atoms with Gasteiger partial charge in [-0.3, -0.25) is 9.48 Å². The molecular weight excluding hydrogens is 240 g/mol. The van der Waals surface area contributed by atoms with Crippen molar-refractivity contribution in [3.8, 4) is 5.69 Å². The van der Waals surface area contributed by atoms with Crippen LogP contribution in [0.2, 0.25) is 0 Å². The molecule has 0 aliphatic rings. The molecule has 0 spiro atoms. The summed E-state index contributed by atoms with van der Waals surface area (Å²) in [6.45, 7) is 1.86. The lowest BCUT2D eigenvalue weighted by molar-refractivity contribution is 0.505. The summed E-state index contributed by atoms with van der Waals surface area (Å²) in [5.41, 5.74) is 6.30. The van der Waals surface area contributed by atoms with Gasteiger partial charge in [-0.2, -0.15) is 0 Å². The Labute approximate surface area is 102 Å². The summed E-state index contributed by atoms with van der Waals surface area (Å²) in [5.74, 6) is -1.96. The van der Waals surface area contributed by atoms with Crippen molar-refractivity contribution < 1.29 is 8.78 Å². The van der Waals surface area contributed by atoms with Crippen molar-refractivity contribution in [1.82, 2.24) is 9.36 Å². The van der Waals surface area contributed by atoms with Crippen LogP contribution in [-0.4, -0.2) is 9.36 Å². The van der Waals surface area contributed by atoms with E-state index in [0.717, 1.165) is 12.1 Å². The van der Waals surface area contributed by atoms with E-state index in [1.165, 1.54) is 10.7 Å². The predicted octanol–water partition coefficient (Wildman–Crippen LogP) is 1.60. The van der Waals surface area contributed by atoms with E-state index in [9.17, 15) is 13.6 Å². The molecule has 0 radical (unpaired) electrons. The minimum atomic E-state index is -1.00. The van der Waals surface area contributed by atoms with E-state index in [0.29, 0.717) is 12.1 Å². The van der Waals surface area contributed by atoms with Crippen LogP contribution in [0.4, 0.5) is 14.5 Å². The number of anilines is 1. The Morgan fingerprint density at radius 3 is 2.44 bits per heavy atom. The summed E-state index contributed by atoms with van der Waals surface area (Å²) in [6, 6.07) is 3.28. The summed E-state index contributed by atoms with van der Waals surface area (Å²) < 4.78 is 28.8. The number of halogens is 2. The molecule has 2 rings (SSSR count). The SMILES string of the molecule is CCc1c(N)c(=O)n(-c2ccc(F)c(F)c2)n1C. The van der Waals surface area contributed by atoms with Gasteiger partial charge in [0, 0.05) is 13.1 Å². The molecule has 0 unspecified atom stereocenters. The lowest BCUT2D eigenvalue weighted by Crippen LogP contribution is -2.20. The second-order valence-corrected chi connectivity index (χ2v) is 3.95. The van der Waals surface area contributed by atoms with Crippen LogP contribution in [0.3, 0.4) is 0 Å². The molecule has 2 N–H and O–H groups in total. The molecule has 0 amide bonds. The van der Waals surface area contributed by atoms with E-state index >= 15 is 0 Å². The van der Waals surface area contributed by atoms with Crippen LogP contribution >= 0.6 is 0 Å². The van der Waals surface area contributed by atoms with Gasteiger partial charge < -0.3 is 5.73 Å². The number of nitrogens with two attached hydrogens (primary N) is 1. The Bertz CT molecular complexity index is 658. The first-order chi connectivity index (χ1) is 8.47. The third-order valence-corrected chi connectivity index (χ3v) is 2.91. The van der Waals surface area contributed by atoms with Crippen molar-refractivity contribution >= 4 is 5.69 Å². The zero-order valence-corrected chi connectivity index (χ0v) is 10.1. The topological polar surface area (TPSA) is 53.0 Å². The van der Waals surface area contributed by atoms with Crippen molar-refractivity contribution in [2.75, 3.05) is 5.73 Å². The fourth-order valence-corrected chi connectivity index (χ4v) is 2.00. The lowest BCUT2D eigenvalue weighted by atomic mass is 10.3. The fourth-order valence-electron chi connectivity index (χ4n) is 2.00. The highest BCUT2D eigenvalue weighted by Crippen LogP contribution is 2.15. The smallest absolute Gasteiger partial charge is 0.294 e. The van der Waals surface area contributed by atoms with Crippen LogP contribution in [-0.2, 0) is 13.5 Å². The van der Waals surface area contributed by atoms with Gasteiger partial charge in [-0.1, -0.05) is 6.92 Å². The van der Waals surface area contributed by atoms with Crippen LogP contribution < -0.4 is 11.3 Å². The zero-order valence-electron chi connectivity index (χ0n) is 10.1. The maximum Gasteiger partial charge on any atom is 0.294 e. The van der Waals surface area contributed by atoms with Crippen LogP contribution in [0, 0.1) is 11.6 Å². The van der Waals surface area contributed by atoms with Crippen molar-refractivity contribution in [3.63, 3.8) is 0 Å². The Balaban J connectivity index is 2.71. The molecular formula is C12H13F2N3O. The van der Waals surface area contributed by atoms with Crippen LogP contribution in [0.15, 0.2) is 23.0 Å². The second kappa shape index (κ2) is 4.29. The molecule has 6 heteroatoms. The molecule has 0 aliphatic carbocycles. The molecule has 0 fully saturated rings. The lowest BCUT2D eigenvalue weighted by Gasteiger charge is -2.09. The third kappa shape index (κ3) is 1.70. The first-order valence-electron chi connectivity index (χ1n) is 5.49. The average Bonchev–Trinajstić information content (AvgIpc) is 2.54. The Morgan fingerprint density at radius 1 is 1.28 bits per heavy atom. The van der Waals surface area contributed by atoms with Crippen LogP contribution in [0.25, 0.3) is 5.69 Å². The van der Waals surface area contributed by atoms with E-state index in [4.69, 9.17) is 5.73 Å². The highest BCUT2D eigenvalue weighted by atomic mass is 19.2. The summed E-state index contributed by atoms with van der Waals surface area (Å²) in [4.78, 5) is 12.0. The Hall–Kier alpha value is -2.11. The number of aromatic nitrogens is 2. The highest BCUT2D eigenvalue weighted by molar-refractivity contribution is 5.45. The molecule has 0 aliphatic heterocycles. The first kappa shape index (κ1) is 12.3. The fraction of sp³-hybridized carbons (Fsp3) is 0.250. The summed E-state index contributed by atoms with van der Waals surface area (Å²) in [5, 5.41) is 0. The molecule has 2 aromatic rings. The van der Waals surface area contributed by atoms with Crippen LogP contribution in [0.1, 0.15) is 12.6 Å². The quantitative estimate of drug-likeness (QED) is 0.883. The van der Waals surface area contributed by atoms with E-state index < -0.39 is 17.2 Å². The number of hydrogen-bond donors (Lipinski definition) is 1. The van der Waals surface area contributed by atoms with Gasteiger partial charge in [-0.25, -0.2) is 13.5 Å². The van der Waals surface area contributed by atoms with E-state index in [-0.39, 0.29) is 11.4 Å². The van der Waals surface area contributed by atoms with E-state index in [1.54, 1.807) is 11.7 Å². The number of hydrogen-bond acceptors (Lipinski definition) is 2. The molecule has 1 aromatic carbocycles. The normalized spacial score (nSPS) is 10.9. The first-order valence-corrected chi connectivity index (χ1v) is 5.49. The second-order valence-electron chi connectivity index (χ2n) is 3.95. The largest absolute Gasteiger partial charge is 0.393 e. The van der Waals surface area contributed by atoms with Gasteiger partial charge in [0.1, 0.15) is 5.69 Å². The Kier molecular flexibility index (Phi) is 2.94. The van der Waals surface area contributed by atoms with Gasteiger partial charge >= 0.3 is 0 Å². The molecule has 0 bridgehead atoms. The van der Waals surface area contributed by atoms with Gasteiger partial charge in [0.15, 0.2) is 11.6 Å². The number of benzene rings is 1. The molecule has 1 heterocycles. The minimum absolute atomic E-state index is 0.129. The molecule has 4 nitrogen and oxygen atoms in total. The minimum Gasteiger partial charge on any atom is -0.393 e. The summed E-state index contributed by atoms with van der Waals surface area (Å²) in [7, 11) is 1.65.